The maximum absolute atomic E-state index is 12.9. The van der Waals surface area contributed by atoms with Crippen molar-refractivity contribution >= 4 is 38.0 Å². The molecule has 3 aromatic rings. The number of hydrogen-bond donors (Lipinski definition) is 1. The fourth-order valence-corrected chi connectivity index (χ4v) is 2.96. The molecule has 6 nitrogen and oxygen atoms in total. The molecule has 0 radical (unpaired) electrons. The number of azo groups is 1. The van der Waals surface area contributed by atoms with Crippen LogP contribution in [0.3, 0.4) is 0 Å². The molecule has 0 saturated carbocycles. The molecule has 0 atom stereocenters. The number of fused-ring (bicyclic) bond motifs is 1. The third-order valence-corrected chi connectivity index (χ3v) is 4.27. The molecule has 25 heavy (non-hydrogen) atoms. The Kier molecular flexibility index (Phi) is 5.91. The molecule has 3 rings (SSSR count). The van der Waals surface area contributed by atoms with Crippen molar-refractivity contribution in [2.75, 3.05) is 5.73 Å². The largest absolute Gasteiger partial charge is 1.00 e. The molecule has 9 heteroatoms. The van der Waals surface area contributed by atoms with Gasteiger partial charge in [0.2, 0.25) is 0 Å². The van der Waals surface area contributed by atoms with E-state index >= 15 is 0 Å². The predicted molar refractivity (Wildman–Crippen MR) is 86.9 cm³/mol. The minimum Gasteiger partial charge on any atom is -0.744 e. The first kappa shape index (κ1) is 19.5. The van der Waals surface area contributed by atoms with Gasteiger partial charge in [0, 0.05) is 10.8 Å². The van der Waals surface area contributed by atoms with Crippen LogP contribution in [-0.2, 0) is 10.1 Å². The van der Waals surface area contributed by atoms with E-state index in [1.807, 2.05) is 0 Å². The fourth-order valence-electron chi connectivity index (χ4n) is 2.26. The monoisotopic (exact) mass is 367 g/mol. The van der Waals surface area contributed by atoms with E-state index < -0.39 is 20.8 Å². The maximum Gasteiger partial charge on any atom is 1.00 e. The van der Waals surface area contributed by atoms with Gasteiger partial charge in [-0.3, -0.25) is 0 Å². The Hall–Kier alpha value is -1.84. The van der Waals surface area contributed by atoms with Crippen LogP contribution in [0.15, 0.2) is 69.7 Å². The summed E-state index contributed by atoms with van der Waals surface area (Å²) in [5, 5.41) is 8.41. The summed E-state index contributed by atoms with van der Waals surface area (Å²) < 4.78 is 47.4. The number of anilines is 1. The van der Waals surface area contributed by atoms with Crippen LogP contribution in [0, 0.1) is 5.82 Å². The molecule has 0 amide bonds. The molecular weight excluding hydrogens is 356 g/mol. The van der Waals surface area contributed by atoms with Crippen LogP contribution in [-0.4, -0.2) is 13.0 Å². The molecule has 0 aliphatic rings. The maximum atomic E-state index is 12.9. The first-order chi connectivity index (χ1) is 11.4. The zero-order valence-electron chi connectivity index (χ0n) is 13.2. The van der Waals surface area contributed by atoms with Gasteiger partial charge in [-0.1, -0.05) is 24.3 Å². The summed E-state index contributed by atoms with van der Waals surface area (Å²) in [6.45, 7) is 0. The predicted octanol–water partition coefficient (Wildman–Crippen LogP) is 0.885. The minimum atomic E-state index is -4.71. The summed E-state index contributed by atoms with van der Waals surface area (Å²) in [7, 11) is -4.71. The molecule has 0 spiro atoms. The first-order valence-corrected chi connectivity index (χ1v) is 8.21. The van der Waals surface area contributed by atoms with E-state index in [4.69, 9.17) is 5.73 Å². The van der Waals surface area contributed by atoms with E-state index in [0.717, 1.165) is 6.07 Å². The standard InChI is InChI=1S/C16H12FN3O3S.Na/c17-10-5-7-11(8-6-10)19-20-14-9-15(24(21,22)23)12-3-1-2-4-13(12)16(14)18;/h1-9H,18H2,(H,21,22,23);/q;+1/p-1. The fraction of sp³-hybridized carbons (Fsp3) is 0. The second-order valence-corrected chi connectivity index (χ2v) is 6.33. The topological polar surface area (TPSA) is 108 Å². The van der Waals surface area contributed by atoms with Crippen LogP contribution in [0.4, 0.5) is 21.5 Å². The van der Waals surface area contributed by atoms with Crippen LogP contribution < -0.4 is 35.3 Å². The van der Waals surface area contributed by atoms with Crippen LogP contribution in [0.5, 0.6) is 0 Å². The van der Waals surface area contributed by atoms with Crippen molar-refractivity contribution in [2.24, 2.45) is 10.2 Å². The van der Waals surface area contributed by atoms with Gasteiger partial charge in [-0.15, -0.1) is 5.11 Å². The molecule has 0 heterocycles. The Bertz CT molecular complexity index is 1050. The molecule has 0 bridgehead atoms. The van der Waals surface area contributed by atoms with Gasteiger partial charge in [0.05, 0.1) is 16.3 Å². The van der Waals surface area contributed by atoms with E-state index in [0.29, 0.717) is 11.1 Å². The third kappa shape index (κ3) is 4.23. The van der Waals surface area contributed by atoms with Crippen molar-refractivity contribution in [2.45, 2.75) is 4.90 Å². The Morgan fingerprint density at radius 1 is 0.960 bits per heavy atom. The second-order valence-electron chi connectivity index (χ2n) is 4.98. The van der Waals surface area contributed by atoms with E-state index in [1.54, 1.807) is 18.2 Å². The number of nitrogens with two attached hydrogens (primary N) is 1. The van der Waals surface area contributed by atoms with Crippen molar-refractivity contribution < 1.29 is 46.9 Å². The van der Waals surface area contributed by atoms with Crippen molar-refractivity contribution in [3.63, 3.8) is 0 Å². The molecule has 122 valence electrons. The molecule has 0 unspecified atom stereocenters. The molecule has 2 N–H and O–H groups in total. The van der Waals surface area contributed by atoms with E-state index in [-0.39, 0.29) is 46.3 Å². The molecule has 0 aromatic heterocycles. The van der Waals surface area contributed by atoms with E-state index in [1.165, 1.54) is 30.3 Å². The second kappa shape index (κ2) is 7.59. The molecule has 0 fully saturated rings. The van der Waals surface area contributed by atoms with Gasteiger partial charge in [0.25, 0.3) is 0 Å². The van der Waals surface area contributed by atoms with Gasteiger partial charge < -0.3 is 10.3 Å². The van der Waals surface area contributed by atoms with Gasteiger partial charge in [-0.25, -0.2) is 12.8 Å². The molecule has 0 saturated heterocycles. The SMILES string of the molecule is Nc1c(N=Nc2ccc(F)cc2)cc(S(=O)(=O)[O-])c2ccccc12.[Na+]. The number of nitrogen functional groups attached to an aromatic ring is 1. The Morgan fingerprint density at radius 2 is 1.56 bits per heavy atom. The van der Waals surface area contributed by atoms with Crippen molar-refractivity contribution in [3.05, 3.63) is 60.4 Å². The summed E-state index contributed by atoms with van der Waals surface area (Å²) in [5.74, 6) is -0.418. The van der Waals surface area contributed by atoms with E-state index in [2.05, 4.69) is 10.2 Å². The van der Waals surface area contributed by atoms with E-state index in [9.17, 15) is 17.4 Å². The van der Waals surface area contributed by atoms with Gasteiger partial charge in [0.15, 0.2) is 0 Å². The smallest absolute Gasteiger partial charge is 0.744 e. The van der Waals surface area contributed by atoms with Gasteiger partial charge in [0.1, 0.15) is 21.6 Å². The van der Waals surface area contributed by atoms with Crippen LogP contribution in [0.2, 0.25) is 0 Å². The van der Waals surface area contributed by atoms with Gasteiger partial charge >= 0.3 is 29.6 Å². The van der Waals surface area contributed by atoms with Crippen LogP contribution >= 0.6 is 0 Å². The minimum absolute atomic E-state index is 0. The summed E-state index contributed by atoms with van der Waals surface area (Å²) >= 11 is 0. The summed E-state index contributed by atoms with van der Waals surface area (Å²) in [5.41, 5.74) is 6.61. The van der Waals surface area contributed by atoms with Crippen LogP contribution in [0.1, 0.15) is 0 Å². The number of benzene rings is 3. The number of halogens is 1. The summed E-state index contributed by atoms with van der Waals surface area (Å²) in [6, 6.07) is 12.7. The van der Waals surface area contributed by atoms with Crippen LogP contribution in [0.25, 0.3) is 10.8 Å². The van der Waals surface area contributed by atoms with Crippen molar-refractivity contribution in [1.29, 1.82) is 0 Å². The molecule has 0 aliphatic heterocycles. The average Bonchev–Trinajstić information content (AvgIpc) is 2.55. The molecular formula is C16H11FN3NaO3S. The Labute approximate surface area is 165 Å². The normalized spacial score (nSPS) is 11.6. The molecule has 0 aliphatic carbocycles. The van der Waals surface area contributed by atoms with Crippen molar-refractivity contribution in [3.8, 4) is 0 Å². The number of rotatable bonds is 3. The average molecular weight is 367 g/mol. The zero-order valence-corrected chi connectivity index (χ0v) is 16.0. The quantitative estimate of drug-likeness (QED) is 0.321. The van der Waals surface area contributed by atoms with Gasteiger partial charge in [-0.2, -0.15) is 5.11 Å². The first-order valence-electron chi connectivity index (χ1n) is 6.81. The van der Waals surface area contributed by atoms with Gasteiger partial charge in [-0.05, 0) is 30.3 Å². The molecule has 3 aromatic carbocycles. The number of hydrogen-bond acceptors (Lipinski definition) is 6. The Morgan fingerprint density at radius 3 is 2.16 bits per heavy atom. The number of nitrogens with zero attached hydrogens (tertiary/aromatic N) is 2. The zero-order chi connectivity index (χ0) is 17.3. The Balaban J connectivity index is 0.00000225. The third-order valence-electron chi connectivity index (χ3n) is 3.40. The van der Waals surface area contributed by atoms with Crippen molar-refractivity contribution in [1.82, 2.24) is 0 Å². The summed E-state index contributed by atoms with van der Waals surface area (Å²) in [6.07, 6.45) is 0. The summed E-state index contributed by atoms with van der Waals surface area (Å²) in [4.78, 5) is -0.416.